The third kappa shape index (κ3) is 4.01. The van der Waals surface area contributed by atoms with E-state index in [0.29, 0.717) is 27.1 Å². The molecule has 0 aromatic carbocycles. The molecule has 3 heterocycles. The number of aliphatic hydroxyl groups excluding tert-OH is 1. The molecule has 3 aromatic rings. The van der Waals surface area contributed by atoms with E-state index in [2.05, 4.69) is 20.3 Å². The Morgan fingerprint density at radius 1 is 1.24 bits per heavy atom. The number of hydrogen-bond donors (Lipinski definition) is 2. The normalized spacial score (nSPS) is 19.1. The summed E-state index contributed by atoms with van der Waals surface area (Å²) in [6.45, 7) is 1.85. The Kier molecular flexibility index (Phi) is 5.59. The molecule has 0 aliphatic heterocycles. The number of fused-ring (bicyclic) bond motifs is 1. The van der Waals surface area contributed by atoms with E-state index < -0.39 is 0 Å². The van der Waals surface area contributed by atoms with Gasteiger partial charge in [-0.3, -0.25) is 0 Å². The quantitative estimate of drug-likeness (QED) is 0.610. The number of rotatable bonds is 5. The summed E-state index contributed by atoms with van der Waals surface area (Å²) in [7, 11) is 1.36. The zero-order chi connectivity index (χ0) is 20.4. The highest BCUT2D eigenvalue weighted by atomic mass is 32.1. The number of aryl methyl sites for hydroxylation is 1. The van der Waals surface area contributed by atoms with E-state index >= 15 is 0 Å². The van der Waals surface area contributed by atoms with Crippen LogP contribution in [0.3, 0.4) is 0 Å². The predicted octanol–water partition coefficient (Wildman–Crippen LogP) is 3.61. The molecule has 0 radical (unpaired) electrons. The second-order valence-electron chi connectivity index (χ2n) is 6.98. The zero-order valence-electron chi connectivity index (χ0n) is 16.2. The average Bonchev–Trinajstić information content (AvgIpc) is 3.08. The molecule has 1 aliphatic carbocycles. The summed E-state index contributed by atoms with van der Waals surface area (Å²) in [5.41, 5.74) is 1.46. The first-order chi connectivity index (χ1) is 14.1. The minimum Gasteiger partial charge on any atom is -0.473 e. The number of ether oxygens (including phenoxy) is 2. The number of nitrogens with one attached hydrogen (secondary N) is 1. The summed E-state index contributed by atoms with van der Waals surface area (Å²) in [4.78, 5) is 26.3. The summed E-state index contributed by atoms with van der Waals surface area (Å²) in [5, 5.41) is 13.8. The number of carbonyl (C=O) groups is 1. The van der Waals surface area contributed by atoms with Crippen LogP contribution < -0.4 is 10.1 Å². The number of pyridine rings is 1. The maximum Gasteiger partial charge on any atom is 0.348 e. The van der Waals surface area contributed by atoms with E-state index in [0.717, 1.165) is 36.6 Å². The molecule has 0 unspecified atom stereocenters. The number of methoxy groups -OCH3 is 1. The fraction of sp³-hybridized carbons (Fsp3) is 0.400. The summed E-state index contributed by atoms with van der Waals surface area (Å²) in [6.07, 6.45) is 5.97. The van der Waals surface area contributed by atoms with Crippen LogP contribution in [-0.2, 0) is 4.74 Å². The average molecular weight is 414 g/mol. The Labute approximate surface area is 171 Å². The maximum atomic E-state index is 12.0. The third-order valence-electron chi connectivity index (χ3n) is 5.04. The summed E-state index contributed by atoms with van der Waals surface area (Å²) >= 11 is 1.28. The molecule has 152 valence electrons. The van der Waals surface area contributed by atoms with Crippen molar-refractivity contribution in [2.45, 2.75) is 44.8 Å². The van der Waals surface area contributed by atoms with Crippen molar-refractivity contribution < 1.29 is 19.4 Å². The van der Waals surface area contributed by atoms with Crippen molar-refractivity contribution in [3.63, 3.8) is 0 Å². The lowest BCUT2D eigenvalue weighted by Gasteiger charge is -2.26. The van der Waals surface area contributed by atoms with Crippen molar-refractivity contribution in [2.75, 3.05) is 12.4 Å². The van der Waals surface area contributed by atoms with Crippen LogP contribution in [0.4, 0.5) is 11.5 Å². The van der Waals surface area contributed by atoms with Gasteiger partial charge in [0, 0.05) is 6.20 Å². The number of aromatic nitrogens is 3. The number of carbonyl (C=O) groups excluding carboxylic acids is 1. The van der Waals surface area contributed by atoms with Crippen LogP contribution in [0.15, 0.2) is 24.7 Å². The monoisotopic (exact) mass is 414 g/mol. The molecule has 0 saturated heterocycles. The molecule has 0 spiro atoms. The molecule has 1 fully saturated rings. The zero-order valence-corrected chi connectivity index (χ0v) is 17.0. The van der Waals surface area contributed by atoms with Gasteiger partial charge in [0.2, 0.25) is 5.88 Å². The first kappa shape index (κ1) is 19.5. The molecule has 2 N–H and O–H groups in total. The number of aliphatic hydroxyl groups is 1. The van der Waals surface area contributed by atoms with Crippen LogP contribution in [0.1, 0.15) is 40.9 Å². The van der Waals surface area contributed by atoms with Crippen LogP contribution in [0.5, 0.6) is 5.88 Å². The van der Waals surface area contributed by atoms with Crippen LogP contribution in [0.25, 0.3) is 10.2 Å². The van der Waals surface area contributed by atoms with Crippen molar-refractivity contribution in [3.8, 4) is 5.88 Å². The summed E-state index contributed by atoms with van der Waals surface area (Å²) in [6, 6.07) is 3.69. The van der Waals surface area contributed by atoms with E-state index in [1.807, 2.05) is 19.1 Å². The fourth-order valence-electron chi connectivity index (χ4n) is 3.48. The topological polar surface area (TPSA) is 106 Å². The van der Waals surface area contributed by atoms with Crippen LogP contribution in [0.2, 0.25) is 0 Å². The van der Waals surface area contributed by atoms with E-state index in [-0.39, 0.29) is 18.2 Å². The van der Waals surface area contributed by atoms with Crippen molar-refractivity contribution in [1.82, 2.24) is 15.0 Å². The number of esters is 1. The molecule has 0 amide bonds. The Bertz CT molecular complexity index is 1030. The number of nitrogens with zero attached hydrogens (tertiary/aromatic N) is 3. The number of thiophene rings is 1. The Balaban J connectivity index is 1.64. The van der Waals surface area contributed by atoms with Gasteiger partial charge in [-0.05, 0) is 50.3 Å². The van der Waals surface area contributed by atoms with Crippen LogP contribution >= 0.6 is 11.3 Å². The smallest absolute Gasteiger partial charge is 0.348 e. The fourth-order valence-corrected chi connectivity index (χ4v) is 4.55. The molecule has 8 nitrogen and oxygen atoms in total. The lowest BCUT2D eigenvalue weighted by Crippen LogP contribution is -2.27. The highest BCUT2D eigenvalue weighted by molar-refractivity contribution is 7.20. The van der Waals surface area contributed by atoms with E-state index in [4.69, 9.17) is 9.47 Å². The highest BCUT2D eigenvalue weighted by Crippen LogP contribution is 2.36. The highest BCUT2D eigenvalue weighted by Gasteiger charge is 2.23. The van der Waals surface area contributed by atoms with Crippen molar-refractivity contribution >= 4 is 39.0 Å². The van der Waals surface area contributed by atoms with Gasteiger partial charge in [-0.2, -0.15) is 0 Å². The van der Waals surface area contributed by atoms with Crippen LogP contribution in [-0.4, -0.2) is 45.3 Å². The van der Waals surface area contributed by atoms with Gasteiger partial charge in [-0.25, -0.2) is 19.7 Å². The first-order valence-corrected chi connectivity index (χ1v) is 10.3. The second-order valence-corrected chi connectivity index (χ2v) is 7.98. The van der Waals surface area contributed by atoms with Crippen molar-refractivity contribution in [1.29, 1.82) is 0 Å². The van der Waals surface area contributed by atoms with E-state index in [1.165, 1.54) is 24.8 Å². The Morgan fingerprint density at radius 2 is 2.03 bits per heavy atom. The molecule has 1 saturated carbocycles. The molecule has 29 heavy (non-hydrogen) atoms. The standard InChI is InChI=1S/C20H22N4O4S/c1-11-15-17(22-10-23-19(15)29-16(11)20(26)27-2)24-14-4-3-9-21-18(14)28-13-7-5-12(25)6-8-13/h3-4,9-10,12-13,25H,5-8H2,1-2H3,(H,22,23,24)/t12-,13-. The SMILES string of the molecule is COC(=O)c1sc2ncnc(Nc3cccnc3O[C@H]3CC[C@H](O)CC3)c2c1C. The van der Waals surface area contributed by atoms with Gasteiger partial charge in [0.05, 0.1) is 18.6 Å². The van der Waals surface area contributed by atoms with Gasteiger partial charge in [-0.1, -0.05) is 0 Å². The van der Waals surface area contributed by atoms with Gasteiger partial charge in [0.15, 0.2) is 0 Å². The van der Waals surface area contributed by atoms with Gasteiger partial charge < -0.3 is 19.9 Å². The van der Waals surface area contributed by atoms with Gasteiger partial charge in [0.25, 0.3) is 0 Å². The van der Waals surface area contributed by atoms with Gasteiger partial charge >= 0.3 is 5.97 Å². The molecule has 1 aliphatic rings. The largest absolute Gasteiger partial charge is 0.473 e. The van der Waals surface area contributed by atoms with Gasteiger partial charge in [-0.15, -0.1) is 11.3 Å². The minimum absolute atomic E-state index is 0.0214. The Hall–Kier alpha value is -2.78. The number of hydrogen-bond acceptors (Lipinski definition) is 9. The lowest BCUT2D eigenvalue weighted by molar-refractivity contribution is 0.0605. The molecular formula is C20H22N4O4S. The predicted molar refractivity (Wildman–Crippen MR) is 110 cm³/mol. The van der Waals surface area contributed by atoms with E-state index in [9.17, 15) is 9.90 Å². The van der Waals surface area contributed by atoms with Crippen molar-refractivity contribution in [3.05, 3.63) is 35.1 Å². The lowest BCUT2D eigenvalue weighted by atomic mass is 9.95. The second kappa shape index (κ2) is 8.30. The first-order valence-electron chi connectivity index (χ1n) is 9.46. The van der Waals surface area contributed by atoms with E-state index in [1.54, 1.807) is 6.20 Å². The molecule has 4 rings (SSSR count). The molecule has 0 bridgehead atoms. The third-order valence-corrected chi connectivity index (χ3v) is 6.22. The Morgan fingerprint density at radius 3 is 2.79 bits per heavy atom. The van der Waals surface area contributed by atoms with Crippen LogP contribution in [0, 0.1) is 6.92 Å². The van der Waals surface area contributed by atoms with Crippen molar-refractivity contribution in [2.24, 2.45) is 0 Å². The molecular weight excluding hydrogens is 392 g/mol. The molecule has 9 heteroatoms. The summed E-state index contributed by atoms with van der Waals surface area (Å²) < 4.78 is 11.0. The van der Waals surface area contributed by atoms with Gasteiger partial charge in [0.1, 0.15) is 33.6 Å². The number of anilines is 2. The maximum absolute atomic E-state index is 12.0. The molecule has 0 atom stereocenters. The molecule has 3 aromatic heterocycles. The minimum atomic E-state index is -0.388. The summed E-state index contributed by atoms with van der Waals surface area (Å²) in [5.74, 6) is 0.680.